The number of hydrogen-bond donors (Lipinski definition) is 1. The van der Waals surface area contributed by atoms with Crippen molar-refractivity contribution in [3.05, 3.63) is 21.9 Å². The van der Waals surface area contributed by atoms with Gasteiger partial charge in [0.25, 0.3) is 5.91 Å². The molecule has 1 heterocycles. The molecular formula is C15H18N2O3S. The van der Waals surface area contributed by atoms with Crippen LogP contribution in [0.1, 0.15) is 35.0 Å². The number of rotatable bonds is 5. The molecule has 2 N–H and O–H groups in total. The van der Waals surface area contributed by atoms with Crippen molar-refractivity contribution in [1.29, 1.82) is 0 Å². The highest BCUT2D eigenvalue weighted by Gasteiger charge is 2.34. The minimum absolute atomic E-state index is 0.0109. The summed E-state index contributed by atoms with van der Waals surface area (Å²) in [6.07, 6.45) is 1.88. The molecule has 1 aromatic rings. The lowest BCUT2D eigenvalue weighted by atomic mass is 10.2. The maximum Gasteiger partial charge on any atom is 0.325 e. The van der Waals surface area contributed by atoms with E-state index in [9.17, 15) is 9.59 Å². The van der Waals surface area contributed by atoms with Gasteiger partial charge < -0.3 is 15.4 Å². The van der Waals surface area contributed by atoms with Crippen molar-refractivity contribution in [1.82, 2.24) is 4.90 Å². The van der Waals surface area contributed by atoms with Crippen molar-refractivity contribution in [3.63, 3.8) is 0 Å². The lowest BCUT2D eigenvalue weighted by Crippen LogP contribution is -2.38. The average molecular weight is 306 g/mol. The Kier molecular flexibility index (Phi) is 5.37. The second-order valence-corrected chi connectivity index (χ2v) is 5.59. The van der Waals surface area contributed by atoms with E-state index in [1.807, 2.05) is 0 Å². The van der Waals surface area contributed by atoms with E-state index in [-0.39, 0.29) is 31.0 Å². The van der Waals surface area contributed by atoms with Crippen LogP contribution in [0.3, 0.4) is 0 Å². The van der Waals surface area contributed by atoms with E-state index in [2.05, 4.69) is 11.8 Å². The smallest absolute Gasteiger partial charge is 0.325 e. The van der Waals surface area contributed by atoms with E-state index in [1.54, 1.807) is 23.3 Å². The number of ether oxygens (including phenoxy) is 1. The first-order valence-electron chi connectivity index (χ1n) is 6.89. The first-order valence-corrected chi connectivity index (χ1v) is 7.77. The Bertz CT molecular complexity index is 581. The normalized spacial score (nSPS) is 13.2. The van der Waals surface area contributed by atoms with Crippen molar-refractivity contribution < 1.29 is 14.3 Å². The minimum Gasteiger partial charge on any atom is -0.465 e. The van der Waals surface area contributed by atoms with Crippen molar-refractivity contribution in [3.8, 4) is 11.8 Å². The molecule has 0 aliphatic heterocycles. The molecule has 1 aromatic heterocycles. The highest BCUT2D eigenvalue weighted by Crippen LogP contribution is 2.29. The fourth-order valence-electron chi connectivity index (χ4n) is 1.92. The Morgan fingerprint density at radius 3 is 2.90 bits per heavy atom. The molecule has 2 rings (SSSR count). The van der Waals surface area contributed by atoms with Crippen LogP contribution in [0.25, 0.3) is 0 Å². The fourth-order valence-corrected chi connectivity index (χ4v) is 2.67. The molecule has 21 heavy (non-hydrogen) atoms. The van der Waals surface area contributed by atoms with Gasteiger partial charge in [0, 0.05) is 11.4 Å². The van der Waals surface area contributed by atoms with Crippen molar-refractivity contribution in [2.75, 3.05) is 19.7 Å². The van der Waals surface area contributed by atoms with Gasteiger partial charge in [0.2, 0.25) is 0 Å². The Balaban J connectivity index is 2.07. The zero-order valence-corrected chi connectivity index (χ0v) is 12.7. The van der Waals surface area contributed by atoms with Crippen LogP contribution >= 0.6 is 11.3 Å². The van der Waals surface area contributed by atoms with Gasteiger partial charge in [-0.15, -0.1) is 11.3 Å². The molecule has 0 radical (unpaired) electrons. The number of carbonyl (C=O) groups is 2. The maximum atomic E-state index is 12.5. The van der Waals surface area contributed by atoms with Crippen LogP contribution in [0.15, 0.2) is 11.4 Å². The summed E-state index contributed by atoms with van der Waals surface area (Å²) in [6, 6.07) is 1.90. The second-order valence-electron chi connectivity index (χ2n) is 4.67. The molecule has 1 aliphatic carbocycles. The molecule has 5 nitrogen and oxygen atoms in total. The number of hydrogen-bond acceptors (Lipinski definition) is 5. The SMILES string of the molecule is CCOC(=O)CN(C(=O)c1csc(C#CCN)c1)C1CC1. The van der Waals surface area contributed by atoms with Gasteiger partial charge in [-0.1, -0.05) is 11.8 Å². The van der Waals surface area contributed by atoms with Crippen LogP contribution < -0.4 is 5.73 Å². The average Bonchev–Trinajstić information content (AvgIpc) is 3.20. The number of carbonyl (C=O) groups excluding carboxylic acids is 2. The van der Waals surface area contributed by atoms with Gasteiger partial charge in [-0.25, -0.2) is 0 Å². The lowest BCUT2D eigenvalue weighted by Gasteiger charge is -2.20. The monoisotopic (exact) mass is 306 g/mol. The third-order valence-corrected chi connectivity index (χ3v) is 3.86. The number of nitrogens with zero attached hydrogens (tertiary/aromatic N) is 1. The number of thiophene rings is 1. The van der Waals surface area contributed by atoms with E-state index < -0.39 is 0 Å². The zero-order valence-electron chi connectivity index (χ0n) is 11.9. The van der Waals surface area contributed by atoms with Crippen LogP contribution in [0.4, 0.5) is 0 Å². The third kappa shape index (κ3) is 4.31. The molecule has 0 spiro atoms. The summed E-state index contributed by atoms with van der Waals surface area (Å²) in [5, 5.41) is 1.77. The van der Waals surface area contributed by atoms with Gasteiger partial charge in [-0.3, -0.25) is 9.59 Å². The van der Waals surface area contributed by atoms with E-state index >= 15 is 0 Å². The highest BCUT2D eigenvalue weighted by molar-refractivity contribution is 7.10. The first kappa shape index (κ1) is 15.5. The molecule has 0 saturated heterocycles. The van der Waals surface area contributed by atoms with Crippen molar-refractivity contribution in [2.24, 2.45) is 5.73 Å². The van der Waals surface area contributed by atoms with Crippen molar-refractivity contribution in [2.45, 2.75) is 25.8 Å². The number of nitrogens with two attached hydrogens (primary N) is 1. The van der Waals surface area contributed by atoms with Gasteiger partial charge in [-0.05, 0) is 25.8 Å². The standard InChI is InChI=1S/C15H18N2O3S/c1-2-20-14(18)9-17(12-5-6-12)15(19)11-8-13(21-10-11)4-3-7-16/h8,10,12H,2,5-7,9,16H2,1H3. The quantitative estimate of drug-likeness (QED) is 0.656. The van der Waals surface area contributed by atoms with Crippen LogP contribution in [0.2, 0.25) is 0 Å². The van der Waals surface area contributed by atoms with Crippen LogP contribution in [0, 0.1) is 11.8 Å². The minimum atomic E-state index is -0.365. The second kappa shape index (κ2) is 7.25. The predicted octanol–water partition coefficient (Wildman–Crippen LogP) is 1.23. The van der Waals surface area contributed by atoms with Crippen LogP contribution in [0.5, 0.6) is 0 Å². The fraction of sp³-hybridized carbons (Fsp3) is 0.467. The summed E-state index contributed by atoms with van der Waals surface area (Å²) in [7, 11) is 0. The molecule has 112 valence electrons. The van der Waals surface area contributed by atoms with Crippen LogP contribution in [-0.2, 0) is 9.53 Å². The molecule has 6 heteroatoms. The molecule has 1 fully saturated rings. The Morgan fingerprint density at radius 2 is 2.29 bits per heavy atom. The first-order chi connectivity index (χ1) is 10.2. The number of amides is 1. The third-order valence-electron chi connectivity index (χ3n) is 3.01. The van der Waals surface area contributed by atoms with Gasteiger partial charge in [-0.2, -0.15) is 0 Å². The van der Waals surface area contributed by atoms with Crippen LogP contribution in [-0.4, -0.2) is 42.5 Å². The summed E-state index contributed by atoms with van der Waals surface area (Å²) in [5.74, 6) is 5.16. The topological polar surface area (TPSA) is 72.6 Å². The summed E-state index contributed by atoms with van der Waals surface area (Å²) >= 11 is 1.40. The van der Waals surface area contributed by atoms with Gasteiger partial charge >= 0.3 is 5.97 Å². The van der Waals surface area contributed by atoms with E-state index in [4.69, 9.17) is 10.5 Å². The zero-order chi connectivity index (χ0) is 15.2. The Morgan fingerprint density at radius 1 is 1.52 bits per heavy atom. The van der Waals surface area contributed by atoms with Gasteiger partial charge in [0.05, 0.1) is 23.6 Å². The molecule has 0 atom stereocenters. The van der Waals surface area contributed by atoms with Gasteiger partial charge in [0.15, 0.2) is 0 Å². The Hall–Kier alpha value is -1.84. The maximum absolute atomic E-state index is 12.5. The predicted molar refractivity (Wildman–Crippen MR) is 80.9 cm³/mol. The molecule has 0 unspecified atom stereocenters. The summed E-state index contributed by atoms with van der Waals surface area (Å²) < 4.78 is 4.93. The summed E-state index contributed by atoms with van der Waals surface area (Å²) in [6.45, 7) is 2.38. The van der Waals surface area contributed by atoms with Gasteiger partial charge in [0.1, 0.15) is 6.54 Å². The van der Waals surface area contributed by atoms with E-state index in [1.165, 1.54) is 11.3 Å². The van der Waals surface area contributed by atoms with E-state index in [0.717, 1.165) is 17.7 Å². The molecule has 1 amide bonds. The molecule has 1 aliphatic rings. The number of esters is 1. The van der Waals surface area contributed by atoms with Crippen molar-refractivity contribution >= 4 is 23.2 Å². The molecular weight excluding hydrogens is 288 g/mol. The lowest BCUT2D eigenvalue weighted by molar-refractivity contribution is -0.144. The highest BCUT2D eigenvalue weighted by atomic mass is 32.1. The largest absolute Gasteiger partial charge is 0.465 e. The molecule has 1 saturated carbocycles. The summed E-state index contributed by atoms with van der Waals surface area (Å²) in [5.41, 5.74) is 5.89. The Labute approximate surface area is 128 Å². The summed E-state index contributed by atoms with van der Waals surface area (Å²) in [4.78, 5) is 26.5. The molecule has 0 bridgehead atoms. The molecule has 0 aromatic carbocycles. The van der Waals surface area contributed by atoms with E-state index in [0.29, 0.717) is 12.2 Å².